The Hall–Kier alpha value is -2.90. The van der Waals surface area contributed by atoms with Gasteiger partial charge < -0.3 is 9.64 Å². The maximum Gasteiger partial charge on any atom is 0.358 e. The van der Waals surface area contributed by atoms with Crippen LogP contribution in [-0.4, -0.2) is 42.1 Å². The molecule has 1 saturated heterocycles. The summed E-state index contributed by atoms with van der Waals surface area (Å²) in [5.41, 5.74) is 0.959. The first-order chi connectivity index (χ1) is 12.8. The average Bonchev–Trinajstić information content (AvgIpc) is 2.67. The summed E-state index contributed by atoms with van der Waals surface area (Å²) in [4.78, 5) is 22.6. The van der Waals surface area contributed by atoms with Crippen LogP contribution in [0.3, 0.4) is 0 Å². The van der Waals surface area contributed by atoms with Gasteiger partial charge in [0.15, 0.2) is 11.5 Å². The van der Waals surface area contributed by atoms with Crippen LogP contribution in [0, 0.1) is 5.82 Å². The Morgan fingerprint density at radius 3 is 2.41 bits per heavy atom. The third-order valence-corrected chi connectivity index (χ3v) is 4.39. The highest BCUT2D eigenvalue weighted by molar-refractivity contribution is 5.92. The van der Waals surface area contributed by atoms with E-state index in [1.54, 1.807) is 4.90 Å². The predicted octanol–water partition coefficient (Wildman–Crippen LogP) is 3.95. The van der Waals surface area contributed by atoms with Gasteiger partial charge in [0, 0.05) is 31.5 Å². The fourth-order valence-electron chi connectivity index (χ4n) is 2.90. The molecule has 5 nitrogen and oxygen atoms in total. The number of carbonyl (C=O) groups excluding carboxylic acids is 1. The monoisotopic (exact) mass is 377 g/mol. The fraction of sp³-hybridized carbons (Fsp3) is 0.316. The number of ether oxygens (including phenoxy) is 1. The molecule has 0 amide bonds. The van der Waals surface area contributed by atoms with Gasteiger partial charge in [0.1, 0.15) is 11.5 Å². The molecule has 1 aliphatic heterocycles. The zero-order valence-corrected chi connectivity index (χ0v) is 14.7. The molecule has 0 bridgehead atoms. The summed E-state index contributed by atoms with van der Waals surface area (Å²) in [5, 5.41) is 0. The largest absolute Gasteiger partial charge is 0.464 e. The molecule has 0 radical (unpaired) electrons. The highest BCUT2D eigenvalue weighted by atomic mass is 19.3. The van der Waals surface area contributed by atoms with Crippen LogP contribution in [0.25, 0.3) is 17.3 Å². The van der Waals surface area contributed by atoms with Crippen molar-refractivity contribution in [3.05, 3.63) is 48.0 Å². The summed E-state index contributed by atoms with van der Waals surface area (Å²) >= 11 is 0. The van der Waals surface area contributed by atoms with E-state index in [-0.39, 0.29) is 37.3 Å². The van der Waals surface area contributed by atoms with Gasteiger partial charge in [-0.25, -0.2) is 27.9 Å². The van der Waals surface area contributed by atoms with Crippen LogP contribution >= 0.6 is 0 Å². The molecule has 1 aromatic heterocycles. The second kappa shape index (κ2) is 7.38. The highest BCUT2D eigenvalue weighted by Crippen LogP contribution is 2.34. The van der Waals surface area contributed by atoms with Crippen molar-refractivity contribution in [1.29, 1.82) is 0 Å². The van der Waals surface area contributed by atoms with Crippen LogP contribution in [0.2, 0.25) is 0 Å². The molecule has 142 valence electrons. The van der Waals surface area contributed by atoms with Crippen molar-refractivity contribution in [2.24, 2.45) is 0 Å². The number of methoxy groups -OCH3 is 1. The molecule has 1 fully saturated rings. The Kier molecular flexibility index (Phi) is 5.16. The summed E-state index contributed by atoms with van der Waals surface area (Å²) in [5.74, 6) is -3.49. The van der Waals surface area contributed by atoms with Crippen molar-refractivity contribution in [2.75, 3.05) is 25.1 Å². The van der Waals surface area contributed by atoms with Crippen molar-refractivity contribution >= 4 is 17.9 Å². The number of piperidine rings is 1. The van der Waals surface area contributed by atoms with Gasteiger partial charge in [-0.3, -0.25) is 0 Å². The molecule has 0 spiro atoms. The fourth-order valence-corrected chi connectivity index (χ4v) is 2.90. The second-order valence-electron chi connectivity index (χ2n) is 6.18. The Labute approximate surface area is 154 Å². The van der Waals surface area contributed by atoms with Crippen LogP contribution in [0.5, 0.6) is 0 Å². The van der Waals surface area contributed by atoms with E-state index in [2.05, 4.69) is 16.5 Å². The van der Waals surface area contributed by atoms with Gasteiger partial charge in [0.25, 0.3) is 5.92 Å². The Morgan fingerprint density at radius 2 is 1.85 bits per heavy atom. The number of hydrogen-bond donors (Lipinski definition) is 0. The van der Waals surface area contributed by atoms with E-state index in [1.165, 1.54) is 37.5 Å². The molecule has 1 aliphatic rings. The van der Waals surface area contributed by atoms with Gasteiger partial charge in [-0.15, -0.1) is 0 Å². The number of halogens is 3. The molecule has 2 heterocycles. The van der Waals surface area contributed by atoms with E-state index in [0.717, 1.165) is 0 Å². The van der Waals surface area contributed by atoms with Gasteiger partial charge in [-0.05, 0) is 30.3 Å². The van der Waals surface area contributed by atoms with Crippen LogP contribution < -0.4 is 4.90 Å². The van der Waals surface area contributed by atoms with Crippen LogP contribution in [-0.2, 0) is 4.74 Å². The average molecular weight is 377 g/mol. The van der Waals surface area contributed by atoms with Crippen LogP contribution in [0.1, 0.15) is 29.0 Å². The zero-order chi connectivity index (χ0) is 19.6. The normalized spacial score (nSPS) is 16.1. The minimum absolute atomic E-state index is 0.0436. The van der Waals surface area contributed by atoms with Gasteiger partial charge in [0.2, 0.25) is 0 Å². The molecule has 0 saturated carbocycles. The minimum Gasteiger partial charge on any atom is -0.464 e. The van der Waals surface area contributed by atoms with Crippen LogP contribution in [0.15, 0.2) is 30.8 Å². The molecule has 3 rings (SSSR count). The summed E-state index contributed by atoms with van der Waals surface area (Å²) in [6, 6.07) is 5.50. The highest BCUT2D eigenvalue weighted by Gasteiger charge is 2.35. The minimum atomic E-state index is -2.72. The zero-order valence-electron chi connectivity index (χ0n) is 14.7. The number of hydrogen-bond acceptors (Lipinski definition) is 5. The van der Waals surface area contributed by atoms with Gasteiger partial charge >= 0.3 is 5.97 Å². The number of alkyl halides is 2. The maximum absolute atomic E-state index is 13.5. The van der Waals surface area contributed by atoms with E-state index >= 15 is 0 Å². The van der Waals surface area contributed by atoms with E-state index in [9.17, 15) is 18.0 Å². The van der Waals surface area contributed by atoms with Gasteiger partial charge in [0.05, 0.1) is 12.8 Å². The lowest BCUT2D eigenvalue weighted by Gasteiger charge is -2.33. The molecular weight excluding hydrogens is 359 g/mol. The lowest BCUT2D eigenvalue weighted by molar-refractivity contribution is -0.0221. The summed E-state index contributed by atoms with van der Waals surface area (Å²) in [7, 11) is 1.22. The molecular formula is C19H18F3N3O2. The van der Waals surface area contributed by atoms with Crippen molar-refractivity contribution < 1.29 is 22.7 Å². The van der Waals surface area contributed by atoms with Crippen molar-refractivity contribution in [3.63, 3.8) is 0 Å². The molecule has 2 aromatic rings. The standard InChI is InChI=1S/C19H18F3N3O2/c1-3-14-16(18(26)27-2)24-15(12-4-6-13(20)7-5-12)17(23-14)25-10-8-19(21,22)9-11-25/h3-7H,1,8-11H2,2H3. The summed E-state index contributed by atoms with van der Waals surface area (Å²) < 4.78 is 45.1. The first-order valence-electron chi connectivity index (χ1n) is 8.36. The first kappa shape index (κ1) is 18.9. The second-order valence-corrected chi connectivity index (χ2v) is 6.18. The third-order valence-electron chi connectivity index (χ3n) is 4.39. The Morgan fingerprint density at radius 1 is 1.22 bits per heavy atom. The van der Waals surface area contributed by atoms with E-state index in [0.29, 0.717) is 17.1 Å². The van der Waals surface area contributed by atoms with E-state index < -0.39 is 17.7 Å². The predicted molar refractivity (Wildman–Crippen MR) is 95.3 cm³/mol. The number of rotatable bonds is 4. The number of carbonyl (C=O) groups is 1. The smallest absolute Gasteiger partial charge is 0.358 e. The number of aromatic nitrogens is 2. The number of anilines is 1. The summed E-state index contributed by atoms with van der Waals surface area (Å²) in [6.07, 6.45) is 0.745. The molecule has 0 N–H and O–H groups in total. The molecule has 27 heavy (non-hydrogen) atoms. The molecule has 0 atom stereocenters. The number of nitrogens with zero attached hydrogens (tertiary/aromatic N) is 3. The molecule has 0 aliphatic carbocycles. The maximum atomic E-state index is 13.5. The van der Waals surface area contributed by atoms with Crippen LogP contribution in [0.4, 0.5) is 19.0 Å². The van der Waals surface area contributed by atoms with Gasteiger partial charge in [-0.1, -0.05) is 6.58 Å². The lowest BCUT2D eigenvalue weighted by atomic mass is 10.1. The number of benzene rings is 1. The van der Waals surface area contributed by atoms with Gasteiger partial charge in [-0.2, -0.15) is 0 Å². The van der Waals surface area contributed by atoms with Crippen molar-refractivity contribution in [1.82, 2.24) is 9.97 Å². The van der Waals surface area contributed by atoms with E-state index in [1.807, 2.05) is 0 Å². The third kappa shape index (κ3) is 3.94. The van der Waals surface area contributed by atoms with E-state index in [4.69, 9.17) is 4.74 Å². The lowest BCUT2D eigenvalue weighted by Crippen LogP contribution is -2.40. The SMILES string of the molecule is C=Cc1nc(N2CCC(F)(F)CC2)c(-c2ccc(F)cc2)nc1C(=O)OC. The Bertz CT molecular complexity index is 859. The first-order valence-corrected chi connectivity index (χ1v) is 8.36. The molecule has 1 aromatic carbocycles. The van der Waals surface area contributed by atoms with Crippen molar-refractivity contribution in [3.8, 4) is 11.3 Å². The molecule has 8 heteroatoms. The Balaban J connectivity index is 2.13. The number of esters is 1. The topological polar surface area (TPSA) is 55.3 Å². The quantitative estimate of drug-likeness (QED) is 0.756. The summed E-state index contributed by atoms with van der Waals surface area (Å²) in [6.45, 7) is 3.81. The molecule has 0 unspecified atom stereocenters. The van der Waals surface area contributed by atoms with Crippen molar-refractivity contribution in [2.45, 2.75) is 18.8 Å².